The molecule has 14 rings (SSSR count). The van der Waals surface area contributed by atoms with E-state index in [-0.39, 0.29) is 66.2 Å². The summed E-state index contributed by atoms with van der Waals surface area (Å²) in [6.07, 6.45) is 28.3. The predicted molar refractivity (Wildman–Crippen MR) is 489 cm³/mol. The van der Waals surface area contributed by atoms with Gasteiger partial charge in [0.15, 0.2) is 0 Å². The molecule has 7 aliphatic rings. The number of aryl methyl sites for hydroxylation is 3. The maximum absolute atomic E-state index is 12.7. The fraction of sp³-hybridized carbons (Fsp3) is 0.311. The van der Waals surface area contributed by atoms with Gasteiger partial charge in [0.05, 0.1) is 96.9 Å². The Morgan fingerprint density at radius 1 is 0.400 bits per heavy atom. The van der Waals surface area contributed by atoms with Gasteiger partial charge in [-0.1, -0.05) is 198 Å². The number of carbonyl (C=O) groups is 7. The van der Waals surface area contributed by atoms with Crippen LogP contribution in [-0.4, -0.2) is 133 Å². The summed E-state index contributed by atoms with van der Waals surface area (Å²) in [5.74, 6) is 1.79. The zero-order valence-corrected chi connectivity index (χ0v) is 76.0. The average molecular weight is 1870 g/mol. The highest BCUT2D eigenvalue weighted by Crippen LogP contribution is 2.33. The van der Waals surface area contributed by atoms with Gasteiger partial charge >= 0.3 is 48.0 Å². The van der Waals surface area contributed by atoms with Crippen LogP contribution in [0.5, 0.6) is 0 Å². The number of ether oxygens (including phenoxy) is 14. The van der Waals surface area contributed by atoms with E-state index >= 15 is 0 Å². The van der Waals surface area contributed by atoms with Gasteiger partial charge in [0.25, 0.3) is 0 Å². The number of hydrogen-bond donors (Lipinski definition) is 0. The Labute approximate surface area is 769 Å². The molecule has 0 saturated carbocycles. The minimum atomic E-state index is -4.35. The zero-order valence-electron chi connectivity index (χ0n) is 73.7. The van der Waals surface area contributed by atoms with Crippen molar-refractivity contribution >= 4 is 93.6 Å². The molecule has 688 valence electrons. The lowest BCUT2D eigenvalue weighted by atomic mass is 9.91. The van der Waals surface area contributed by atoms with E-state index in [9.17, 15) is 51.1 Å². The quantitative estimate of drug-likeness (QED) is 0.0264. The number of carbonyl (C=O) groups excluding carboxylic acids is 7. The number of alkyl halides is 3. The van der Waals surface area contributed by atoms with E-state index in [1.54, 1.807) is 57.8 Å². The molecule has 130 heavy (non-hydrogen) atoms. The SMILES string of the molecule is CCCOC1=CC(=O)OC(CCc2ccccc2)C1.CCOC1=CC(=O)OC(CCc2ccccc2)C1.COC1=CC(=O)OC(/C=C/c2ccc(Br)cc2)C1.COC1=CC(=O)OC(/C=C/c2ccc(C(F)(F)F)cc2)C1.COC1=CC(=O)OC(/C=C/c2ccc(Cl)cc2)C1.COC1=CC(=O)OC(/C=C/c2ccc(F)cc2)C1.COC1=CC(=O)OC(C)(CCc2ccccc2)C1. The van der Waals surface area contributed by atoms with Crippen LogP contribution in [0.2, 0.25) is 5.02 Å². The normalized spacial score (nSPS) is 19.8. The van der Waals surface area contributed by atoms with E-state index in [1.807, 2.05) is 141 Å². The largest absolute Gasteiger partial charge is 0.501 e. The van der Waals surface area contributed by atoms with E-state index < -0.39 is 35.4 Å². The standard InChI is InChI=1S/C16H20O3.C15H13F3O3.2C15H18O3.C14H13BrO3.C14H13ClO3.C14H13FO3/c1-2-10-18-15-11-14(19-16(17)12-15)9-8-13-6-4-3-5-7-13;1-20-13-8-12(21-14(19)9-13)7-4-10-2-5-11(6-3-10)15(16,17)18;1-15(9-8-12-6-4-3-5-7-12)11-13(17-2)10-14(16)18-15;1-2-17-14-10-13(18-15(16)11-14)9-8-12-6-4-3-5-7-12;3*1-17-13-8-12(18-14(16)9-13)7-4-10-2-5-11(15)6-3-10/h3-7,12,14H,2,8-11H2,1H3;2-7,9,12H,8H2,1H3;3-7,10H,8-9,11H2,1-2H3;3-7,11,13H,2,8-10H2,1H3;3*2-7,9,12H,8H2,1H3/b;7-4+;;;3*7-4+. The van der Waals surface area contributed by atoms with Gasteiger partial charge in [-0.3, -0.25) is 0 Å². The Morgan fingerprint density at radius 3 is 1.08 bits per heavy atom. The predicted octanol–water partition coefficient (Wildman–Crippen LogP) is 21.7. The monoisotopic (exact) mass is 1870 g/mol. The van der Waals surface area contributed by atoms with E-state index in [0.717, 1.165) is 89.8 Å². The molecule has 7 atom stereocenters. The van der Waals surface area contributed by atoms with Gasteiger partial charge in [-0.2, -0.15) is 13.2 Å². The summed E-state index contributed by atoms with van der Waals surface area (Å²) in [6, 6.07) is 56.8. The first-order valence-corrected chi connectivity index (χ1v) is 43.4. The van der Waals surface area contributed by atoms with Gasteiger partial charge < -0.3 is 66.3 Å². The molecule has 0 amide bonds. The van der Waals surface area contributed by atoms with Crippen molar-refractivity contribution < 1.29 is 117 Å². The minimum absolute atomic E-state index is 0.0652. The van der Waals surface area contributed by atoms with E-state index in [4.69, 9.17) is 77.9 Å². The van der Waals surface area contributed by atoms with Crippen LogP contribution in [-0.2, 0) is 125 Å². The Hall–Kier alpha value is -12.9. The third-order valence-electron chi connectivity index (χ3n) is 19.9. The number of benzene rings is 7. The second-order valence-corrected chi connectivity index (χ2v) is 31.5. The first-order valence-electron chi connectivity index (χ1n) is 42.2. The first kappa shape index (κ1) is 102. The molecule has 0 aliphatic carbocycles. The van der Waals surface area contributed by atoms with Crippen LogP contribution < -0.4 is 0 Å². The lowest BCUT2D eigenvalue weighted by Crippen LogP contribution is -2.36. The summed E-state index contributed by atoms with van der Waals surface area (Å²) in [7, 11) is 7.67. The summed E-state index contributed by atoms with van der Waals surface area (Å²) in [4.78, 5) is 79.4. The van der Waals surface area contributed by atoms with E-state index in [1.165, 1.54) is 97.7 Å². The van der Waals surface area contributed by atoms with E-state index in [0.29, 0.717) is 97.5 Å². The molecule has 7 unspecified atom stereocenters. The Kier molecular flexibility index (Phi) is 42.9. The third kappa shape index (κ3) is 38.9. The lowest BCUT2D eigenvalue weighted by molar-refractivity contribution is -0.156. The second kappa shape index (κ2) is 54.4. The van der Waals surface area contributed by atoms with Gasteiger partial charge in [0.1, 0.15) is 88.4 Å². The zero-order chi connectivity index (χ0) is 93.6. The molecule has 7 aromatic rings. The highest BCUT2D eigenvalue weighted by atomic mass is 79.9. The minimum Gasteiger partial charge on any atom is -0.501 e. The summed E-state index contributed by atoms with van der Waals surface area (Å²) < 4.78 is 124. The molecule has 0 saturated heterocycles. The molecule has 21 nitrogen and oxygen atoms in total. The van der Waals surface area contributed by atoms with Gasteiger partial charge in [-0.25, -0.2) is 38.0 Å². The Bertz CT molecular complexity index is 4940. The molecule has 7 aliphatic heterocycles. The number of halogens is 6. The van der Waals surface area contributed by atoms with Gasteiger partial charge in [-0.15, -0.1) is 0 Å². The maximum Gasteiger partial charge on any atom is 0.416 e. The molecule has 0 spiro atoms. The number of methoxy groups -OCH3 is 5. The summed E-state index contributed by atoms with van der Waals surface area (Å²) in [6.45, 7) is 7.17. The van der Waals surface area contributed by atoms with Gasteiger partial charge in [0, 0.05) is 54.4 Å². The molecule has 0 aromatic heterocycles. The van der Waals surface area contributed by atoms with Crippen LogP contribution in [0.25, 0.3) is 24.3 Å². The average Bonchev–Trinajstić information content (AvgIpc) is 0.824. The maximum atomic E-state index is 12.7. The van der Waals surface area contributed by atoms with Crippen molar-refractivity contribution in [2.45, 2.75) is 159 Å². The van der Waals surface area contributed by atoms with Crippen LogP contribution in [0.4, 0.5) is 17.6 Å². The van der Waals surface area contributed by atoms with Crippen molar-refractivity contribution in [2.24, 2.45) is 0 Å². The number of rotatable bonds is 27. The molecular weight excluding hydrogens is 1760 g/mol. The van der Waals surface area contributed by atoms with Crippen molar-refractivity contribution in [1.29, 1.82) is 0 Å². The molecule has 0 fully saturated rings. The molecule has 0 bridgehead atoms. The fourth-order valence-corrected chi connectivity index (χ4v) is 13.6. The van der Waals surface area contributed by atoms with Gasteiger partial charge in [-0.05, 0) is 171 Å². The van der Waals surface area contributed by atoms with Crippen LogP contribution in [0, 0.1) is 5.82 Å². The van der Waals surface area contributed by atoms with Crippen molar-refractivity contribution in [3.63, 3.8) is 0 Å². The number of hydrogen-bond acceptors (Lipinski definition) is 21. The highest BCUT2D eigenvalue weighted by molar-refractivity contribution is 9.10. The third-order valence-corrected chi connectivity index (χ3v) is 20.7. The fourth-order valence-electron chi connectivity index (χ4n) is 13.2. The smallest absolute Gasteiger partial charge is 0.416 e. The molecular formula is C103H108BrClF4O21. The summed E-state index contributed by atoms with van der Waals surface area (Å²) in [5.41, 5.74) is 6.12. The van der Waals surface area contributed by atoms with Gasteiger partial charge in [0.2, 0.25) is 0 Å². The molecule has 0 radical (unpaired) electrons. The number of esters is 7. The van der Waals surface area contributed by atoms with Crippen LogP contribution >= 0.6 is 27.5 Å². The Balaban J connectivity index is 0.000000187. The van der Waals surface area contributed by atoms with Crippen molar-refractivity contribution in [3.05, 3.63) is 355 Å². The number of cyclic esters (lactones) is 7. The van der Waals surface area contributed by atoms with E-state index in [2.05, 4.69) is 59.3 Å². The van der Waals surface area contributed by atoms with Crippen molar-refractivity contribution in [3.8, 4) is 0 Å². The Morgan fingerprint density at radius 2 is 0.723 bits per heavy atom. The molecule has 7 heterocycles. The van der Waals surface area contributed by atoms with Crippen molar-refractivity contribution in [2.75, 3.05) is 48.8 Å². The molecule has 27 heteroatoms. The van der Waals surface area contributed by atoms with Crippen LogP contribution in [0.15, 0.2) is 300 Å². The van der Waals surface area contributed by atoms with Crippen molar-refractivity contribution in [1.82, 2.24) is 0 Å². The lowest BCUT2D eigenvalue weighted by Gasteiger charge is -2.32. The first-order chi connectivity index (χ1) is 62.5. The second-order valence-electron chi connectivity index (χ2n) is 30.1. The highest BCUT2D eigenvalue weighted by Gasteiger charge is 2.35. The molecule has 7 aromatic carbocycles. The van der Waals surface area contributed by atoms with Crippen LogP contribution in [0.1, 0.15) is 136 Å². The molecule has 0 N–H and O–H groups in total. The van der Waals surface area contributed by atoms with Crippen LogP contribution in [0.3, 0.4) is 0 Å². The summed E-state index contributed by atoms with van der Waals surface area (Å²) >= 11 is 9.18. The topological polar surface area (TPSA) is 249 Å². The summed E-state index contributed by atoms with van der Waals surface area (Å²) in [5, 5.41) is 0.695.